The Kier molecular flexibility index (Phi) is 8.05. The van der Waals surface area contributed by atoms with E-state index in [1.807, 2.05) is 38.1 Å². The summed E-state index contributed by atoms with van der Waals surface area (Å²) in [5, 5.41) is 0. The molecule has 0 aliphatic heterocycles. The SMILES string of the molecule is CC(C)COC(=O)CCC(=O)OCCc1ccc(Br)cc1. The predicted molar refractivity (Wildman–Crippen MR) is 83.8 cm³/mol. The first kappa shape index (κ1) is 17.7. The molecule has 0 N–H and O–H groups in total. The van der Waals surface area contributed by atoms with E-state index in [4.69, 9.17) is 9.47 Å². The normalized spacial score (nSPS) is 10.5. The summed E-state index contributed by atoms with van der Waals surface area (Å²) in [6.07, 6.45) is 0.803. The molecule has 1 aromatic carbocycles. The highest BCUT2D eigenvalue weighted by molar-refractivity contribution is 9.10. The minimum atomic E-state index is -0.367. The van der Waals surface area contributed by atoms with Crippen molar-refractivity contribution in [3.05, 3.63) is 34.3 Å². The second-order valence-corrected chi connectivity index (χ2v) is 6.09. The zero-order valence-electron chi connectivity index (χ0n) is 12.4. The van der Waals surface area contributed by atoms with Crippen molar-refractivity contribution in [1.29, 1.82) is 0 Å². The maximum atomic E-state index is 11.5. The van der Waals surface area contributed by atoms with Gasteiger partial charge in [-0.3, -0.25) is 9.59 Å². The third-order valence-electron chi connectivity index (χ3n) is 2.68. The molecule has 0 aromatic heterocycles. The largest absolute Gasteiger partial charge is 0.465 e. The summed E-state index contributed by atoms with van der Waals surface area (Å²) in [5.41, 5.74) is 1.10. The first-order valence-corrected chi connectivity index (χ1v) is 7.82. The van der Waals surface area contributed by atoms with E-state index >= 15 is 0 Å². The number of carbonyl (C=O) groups excluding carboxylic acids is 2. The summed E-state index contributed by atoms with van der Waals surface area (Å²) in [6.45, 7) is 4.63. The van der Waals surface area contributed by atoms with Gasteiger partial charge in [0.05, 0.1) is 26.1 Å². The van der Waals surface area contributed by atoms with E-state index in [1.54, 1.807) is 0 Å². The molecule has 1 rings (SSSR count). The molecule has 0 unspecified atom stereocenters. The van der Waals surface area contributed by atoms with Crippen LogP contribution in [0.15, 0.2) is 28.7 Å². The van der Waals surface area contributed by atoms with Crippen LogP contribution in [0, 0.1) is 5.92 Å². The lowest BCUT2D eigenvalue weighted by Crippen LogP contribution is -2.13. The Labute approximate surface area is 133 Å². The molecule has 0 fully saturated rings. The summed E-state index contributed by atoms with van der Waals surface area (Å²) in [5.74, 6) is -0.422. The molecule has 5 heteroatoms. The number of benzene rings is 1. The Morgan fingerprint density at radius 1 is 1.05 bits per heavy atom. The van der Waals surface area contributed by atoms with Gasteiger partial charge < -0.3 is 9.47 Å². The highest BCUT2D eigenvalue weighted by atomic mass is 79.9. The summed E-state index contributed by atoms with van der Waals surface area (Å²) in [4.78, 5) is 22.8. The van der Waals surface area contributed by atoms with Crippen LogP contribution in [-0.4, -0.2) is 25.2 Å². The second kappa shape index (κ2) is 9.55. The fraction of sp³-hybridized carbons (Fsp3) is 0.500. The van der Waals surface area contributed by atoms with E-state index in [2.05, 4.69) is 15.9 Å². The van der Waals surface area contributed by atoms with Crippen LogP contribution in [0.3, 0.4) is 0 Å². The van der Waals surface area contributed by atoms with Crippen molar-refractivity contribution in [2.45, 2.75) is 33.1 Å². The van der Waals surface area contributed by atoms with Crippen molar-refractivity contribution in [3.8, 4) is 0 Å². The number of ether oxygens (including phenoxy) is 2. The van der Waals surface area contributed by atoms with Crippen LogP contribution in [0.2, 0.25) is 0 Å². The molecule has 0 atom stereocenters. The van der Waals surface area contributed by atoms with E-state index in [1.165, 1.54) is 0 Å². The molecule has 4 nitrogen and oxygen atoms in total. The number of hydrogen-bond acceptors (Lipinski definition) is 4. The fourth-order valence-corrected chi connectivity index (χ4v) is 1.81. The Bertz CT molecular complexity index is 454. The van der Waals surface area contributed by atoms with Gasteiger partial charge in [0.2, 0.25) is 0 Å². The van der Waals surface area contributed by atoms with E-state index in [-0.39, 0.29) is 24.8 Å². The molecule has 0 radical (unpaired) electrons. The molecule has 0 amide bonds. The number of hydrogen-bond donors (Lipinski definition) is 0. The molecule has 1 aromatic rings. The van der Waals surface area contributed by atoms with Gasteiger partial charge in [-0.2, -0.15) is 0 Å². The Morgan fingerprint density at radius 2 is 1.62 bits per heavy atom. The lowest BCUT2D eigenvalue weighted by molar-refractivity contribution is -0.150. The van der Waals surface area contributed by atoms with Crippen LogP contribution >= 0.6 is 15.9 Å². The first-order chi connectivity index (χ1) is 9.97. The van der Waals surface area contributed by atoms with Crippen molar-refractivity contribution in [1.82, 2.24) is 0 Å². The molecule has 0 saturated heterocycles. The molecule has 0 aliphatic rings. The van der Waals surface area contributed by atoms with Gasteiger partial charge in [-0.05, 0) is 23.6 Å². The number of carbonyl (C=O) groups is 2. The second-order valence-electron chi connectivity index (χ2n) is 5.17. The van der Waals surface area contributed by atoms with Crippen LogP contribution < -0.4 is 0 Å². The van der Waals surface area contributed by atoms with Crippen molar-refractivity contribution in [2.24, 2.45) is 5.92 Å². The minimum absolute atomic E-state index is 0.0667. The number of esters is 2. The van der Waals surface area contributed by atoms with E-state index < -0.39 is 0 Å². The molecule has 0 saturated carbocycles. The number of rotatable bonds is 8. The molecule has 116 valence electrons. The Morgan fingerprint density at radius 3 is 2.19 bits per heavy atom. The van der Waals surface area contributed by atoms with Crippen LogP contribution in [-0.2, 0) is 25.5 Å². The van der Waals surface area contributed by atoms with Gasteiger partial charge in [0.15, 0.2) is 0 Å². The van der Waals surface area contributed by atoms with Crippen molar-refractivity contribution in [3.63, 3.8) is 0 Å². The fourth-order valence-electron chi connectivity index (χ4n) is 1.54. The van der Waals surface area contributed by atoms with Gasteiger partial charge in [0, 0.05) is 10.9 Å². The van der Waals surface area contributed by atoms with Crippen LogP contribution in [0.1, 0.15) is 32.3 Å². The van der Waals surface area contributed by atoms with Crippen molar-refractivity contribution < 1.29 is 19.1 Å². The molecular formula is C16H21BrO4. The maximum absolute atomic E-state index is 11.5. The topological polar surface area (TPSA) is 52.6 Å². The predicted octanol–water partition coefficient (Wildman–Crippen LogP) is 3.51. The highest BCUT2D eigenvalue weighted by Gasteiger charge is 2.09. The minimum Gasteiger partial charge on any atom is -0.465 e. The molecule has 0 spiro atoms. The van der Waals surface area contributed by atoms with Crippen LogP contribution in [0.25, 0.3) is 0 Å². The monoisotopic (exact) mass is 356 g/mol. The van der Waals surface area contributed by atoms with Gasteiger partial charge in [-0.1, -0.05) is 41.9 Å². The van der Waals surface area contributed by atoms with Gasteiger partial charge in [0.1, 0.15) is 0 Å². The standard InChI is InChI=1S/C16H21BrO4/c1-12(2)11-21-16(19)8-7-15(18)20-10-9-13-3-5-14(17)6-4-13/h3-6,12H,7-11H2,1-2H3. The van der Waals surface area contributed by atoms with Gasteiger partial charge >= 0.3 is 11.9 Å². The zero-order chi connectivity index (χ0) is 15.7. The quantitative estimate of drug-likeness (QED) is 0.668. The van der Waals surface area contributed by atoms with Gasteiger partial charge in [0.25, 0.3) is 0 Å². The van der Waals surface area contributed by atoms with Crippen molar-refractivity contribution in [2.75, 3.05) is 13.2 Å². The number of halogens is 1. The summed E-state index contributed by atoms with van der Waals surface area (Å²) >= 11 is 3.36. The third-order valence-corrected chi connectivity index (χ3v) is 3.21. The Hall–Kier alpha value is -1.36. The summed E-state index contributed by atoms with van der Waals surface area (Å²) in [7, 11) is 0. The van der Waals surface area contributed by atoms with Gasteiger partial charge in [-0.15, -0.1) is 0 Å². The molecule has 0 heterocycles. The summed E-state index contributed by atoms with van der Waals surface area (Å²) < 4.78 is 11.1. The zero-order valence-corrected chi connectivity index (χ0v) is 14.0. The van der Waals surface area contributed by atoms with Crippen LogP contribution in [0.5, 0.6) is 0 Å². The highest BCUT2D eigenvalue weighted by Crippen LogP contribution is 2.11. The molecule has 21 heavy (non-hydrogen) atoms. The third kappa shape index (κ3) is 8.50. The molecule has 0 bridgehead atoms. The first-order valence-electron chi connectivity index (χ1n) is 7.03. The maximum Gasteiger partial charge on any atom is 0.306 e. The van der Waals surface area contributed by atoms with E-state index in [9.17, 15) is 9.59 Å². The average Bonchev–Trinajstić information content (AvgIpc) is 2.45. The lowest BCUT2D eigenvalue weighted by Gasteiger charge is -2.07. The summed E-state index contributed by atoms with van der Waals surface area (Å²) in [6, 6.07) is 7.84. The smallest absolute Gasteiger partial charge is 0.306 e. The van der Waals surface area contributed by atoms with Gasteiger partial charge in [-0.25, -0.2) is 0 Å². The van der Waals surface area contributed by atoms with E-state index in [0.29, 0.717) is 25.6 Å². The molecular weight excluding hydrogens is 336 g/mol. The molecule has 0 aliphatic carbocycles. The van der Waals surface area contributed by atoms with Crippen molar-refractivity contribution >= 4 is 27.9 Å². The lowest BCUT2D eigenvalue weighted by atomic mass is 10.2. The van der Waals surface area contributed by atoms with Crippen LogP contribution in [0.4, 0.5) is 0 Å². The van der Waals surface area contributed by atoms with E-state index in [0.717, 1.165) is 10.0 Å². The average molecular weight is 357 g/mol. The Balaban J connectivity index is 2.13.